The van der Waals surface area contributed by atoms with Gasteiger partial charge in [0.05, 0.1) is 12.2 Å². The average molecular weight is 250 g/mol. The van der Waals surface area contributed by atoms with Crippen molar-refractivity contribution in [1.29, 1.82) is 0 Å². The van der Waals surface area contributed by atoms with Crippen molar-refractivity contribution in [3.8, 4) is 0 Å². The summed E-state index contributed by atoms with van der Waals surface area (Å²) in [5.41, 5.74) is 7.59. The Morgan fingerprint density at radius 2 is 2.11 bits per heavy atom. The summed E-state index contributed by atoms with van der Waals surface area (Å²) in [4.78, 5) is 11.9. The third kappa shape index (κ3) is 4.28. The van der Waals surface area contributed by atoms with Crippen LogP contribution in [0.5, 0.6) is 0 Å². The van der Waals surface area contributed by atoms with Gasteiger partial charge < -0.3 is 15.8 Å². The molecule has 100 valence electrons. The van der Waals surface area contributed by atoms with Crippen molar-refractivity contribution >= 4 is 17.3 Å². The highest BCUT2D eigenvalue weighted by Gasteiger charge is 2.12. The number of carbonyl (C=O) groups excluding carboxylic acids is 1. The molecule has 4 nitrogen and oxygen atoms in total. The second-order valence-corrected chi connectivity index (χ2v) is 4.22. The van der Waals surface area contributed by atoms with E-state index >= 15 is 0 Å². The summed E-state index contributed by atoms with van der Waals surface area (Å²) in [6.07, 6.45) is 2.98. The van der Waals surface area contributed by atoms with E-state index in [1.54, 1.807) is 12.1 Å². The fourth-order valence-electron chi connectivity index (χ4n) is 1.56. The molecule has 0 saturated heterocycles. The van der Waals surface area contributed by atoms with Crippen molar-refractivity contribution in [3.05, 3.63) is 23.8 Å². The van der Waals surface area contributed by atoms with Gasteiger partial charge >= 0.3 is 5.97 Å². The average Bonchev–Trinajstić information content (AvgIpc) is 2.38. The molecule has 1 aromatic carbocycles. The summed E-state index contributed by atoms with van der Waals surface area (Å²) in [7, 11) is 0. The summed E-state index contributed by atoms with van der Waals surface area (Å²) < 4.78 is 5.14. The molecule has 0 aliphatic heterocycles. The van der Waals surface area contributed by atoms with Gasteiger partial charge in [0.1, 0.15) is 0 Å². The number of carbonyl (C=O) groups is 1. The van der Waals surface area contributed by atoms with E-state index in [1.165, 1.54) is 0 Å². The zero-order valence-electron chi connectivity index (χ0n) is 11.2. The number of nitrogen functional groups attached to an aromatic ring is 1. The van der Waals surface area contributed by atoms with E-state index in [0.717, 1.165) is 31.5 Å². The first-order chi connectivity index (χ1) is 8.69. The first kappa shape index (κ1) is 14.4. The fourth-order valence-corrected chi connectivity index (χ4v) is 1.56. The first-order valence-electron chi connectivity index (χ1n) is 6.49. The molecule has 0 unspecified atom stereocenters. The highest BCUT2D eigenvalue weighted by molar-refractivity contribution is 5.96. The molecule has 0 aliphatic carbocycles. The van der Waals surface area contributed by atoms with E-state index in [0.29, 0.717) is 17.9 Å². The van der Waals surface area contributed by atoms with Crippen LogP contribution in [-0.4, -0.2) is 19.1 Å². The van der Waals surface area contributed by atoms with Gasteiger partial charge in [-0.05, 0) is 31.0 Å². The number of esters is 1. The van der Waals surface area contributed by atoms with Crippen molar-refractivity contribution < 1.29 is 9.53 Å². The Morgan fingerprint density at radius 1 is 1.33 bits per heavy atom. The number of hydrogen-bond donors (Lipinski definition) is 2. The van der Waals surface area contributed by atoms with E-state index in [9.17, 15) is 4.79 Å². The molecule has 0 spiro atoms. The molecule has 4 heteroatoms. The summed E-state index contributed by atoms with van der Waals surface area (Å²) in [5, 5.41) is 3.24. The Hall–Kier alpha value is -1.71. The van der Waals surface area contributed by atoms with E-state index in [-0.39, 0.29) is 5.97 Å². The predicted octanol–water partition coefficient (Wildman–Crippen LogP) is 3.05. The van der Waals surface area contributed by atoms with Crippen LogP contribution < -0.4 is 11.1 Å². The van der Waals surface area contributed by atoms with Crippen LogP contribution in [0.1, 0.15) is 43.5 Å². The topological polar surface area (TPSA) is 64.3 Å². The third-order valence-electron chi connectivity index (χ3n) is 2.55. The SMILES string of the molecule is CCCCNc1ccc(N)cc1C(=O)OCCC. The summed E-state index contributed by atoms with van der Waals surface area (Å²) in [5.74, 6) is -0.317. The number of hydrogen-bond acceptors (Lipinski definition) is 4. The molecule has 0 aromatic heterocycles. The Morgan fingerprint density at radius 3 is 2.78 bits per heavy atom. The van der Waals surface area contributed by atoms with Gasteiger partial charge in [-0.1, -0.05) is 20.3 Å². The van der Waals surface area contributed by atoms with Crippen LogP contribution in [0.15, 0.2) is 18.2 Å². The van der Waals surface area contributed by atoms with Crippen LogP contribution in [0, 0.1) is 0 Å². The van der Waals surface area contributed by atoms with Gasteiger partial charge in [-0.15, -0.1) is 0 Å². The molecule has 0 radical (unpaired) electrons. The lowest BCUT2D eigenvalue weighted by molar-refractivity contribution is 0.0506. The van der Waals surface area contributed by atoms with Crippen molar-refractivity contribution in [1.82, 2.24) is 0 Å². The van der Waals surface area contributed by atoms with Gasteiger partial charge in [-0.3, -0.25) is 0 Å². The highest BCUT2D eigenvalue weighted by Crippen LogP contribution is 2.20. The molecule has 0 saturated carbocycles. The second-order valence-electron chi connectivity index (χ2n) is 4.22. The molecule has 3 N–H and O–H groups in total. The minimum Gasteiger partial charge on any atom is -0.462 e. The number of anilines is 2. The lowest BCUT2D eigenvalue weighted by Crippen LogP contribution is -2.11. The Balaban J connectivity index is 2.78. The molecular formula is C14H22N2O2. The maximum absolute atomic E-state index is 11.9. The second kappa shape index (κ2) is 7.58. The highest BCUT2D eigenvalue weighted by atomic mass is 16.5. The zero-order valence-corrected chi connectivity index (χ0v) is 11.2. The lowest BCUT2D eigenvalue weighted by Gasteiger charge is -2.12. The van der Waals surface area contributed by atoms with Gasteiger partial charge in [-0.2, -0.15) is 0 Å². The smallest absolute Gasteiger partial charge is 0.340 e. The Kier molecular flexibility index (Phi) is 6.05. The maximum Gasteiger partial charge on any atom is 0.340 e. The molecule has 0 aliphatic rings. The quantitative estimate of drug-likeness (QED) is 0.443. The predicted molar refractivity (Wildman–Crippen MR) is 74.8 cm³/mol. The van der Waals surface area contributed by atoms with E-state index < -0.39 is 0 Å². The number of benzene rings is 1. The lowest BCUT2D eigenvalue weighted by atomic mass is 10.1. The zero-order chi connectivity index (χ0) is 13.4. The van der Waals surface area contributed by atoms with Crippen LogP contribution in [0.3, 0.4) is 0 Å². The van der Waals surface area contributed by atoms with E-state index in [1.807, 2.05) is 13.0 Å². The van der Waals surface area contributed by atoms with Gasteiger partial charge in [-0.25, -0.2) is 4.79 Å². The molecule has 1 aromatic rings. The standard InChI is InChI=1S/C14H22N2O2/c1-3-5-8-16-13-7-6-11(15)10-12(13)14(17)18-9-4-2/h6-7,10,16H,3-5,8-9,15H2,1-2H3. The minimum atomic E-state index is -0.317. The molecule has 0 amide bonds. The van der Waals surface area contributed by atoms with Crippen molar-refractivity contribution in [2.24, 2.45) is 0 Å². The van der Waals surface area contributed by atoms with E-state index in [4.69, 9.17) is 10.5 Å². The monoisotopic (exact) mass is 250 g/mol. The summed E-state index contributed by atoms with van der Waals surface area (Å²) in [6, 6.07) is 5.27. The van der Waals surface area contributed by atoms with Crippen LogP contribution in [0.2, 0.25) is 0 Å². The first-order valence-corrected chi connectivity index (χ1v) is 6.49. The molecule has 0 heterocycles. The van der Waals surface area contributed by atoms with Gasteiger partial charge in [0.25, 0.3) is 0 Å². The van der Waals surface area contributed by atoms with Crippen molar-refractivity contribution in [2.45, 2.75) is 33.1 Å². The third-order valence-corrected chi connectivity index (χ3v) is 2.55. The van der Waals surface area contributed by atoms with Crippen LogP contribution in [0.25, 0.3) is 0 Å². The van der Waals surface area contributed by atoms with Gasteiger partial charge in [0, 0.05) is 17.9 Å². The van der Waals surface area contributed by atoms with Crippen LogP contribution in [0.4, 0.5) is 11.4 Å². The van der Waals surface area contributed by atoms with Gasteiger partial charge in [0.15, 0.2) is 0 Å². The van der Waals surface area contributed by atoms with Crippen LogP contribution in [-0.2, 0) is 4.74 Å². The maximum atomic E-state index is 11.9. The molecule has 0 bridgehead atoms. The molecule has 18 heavy (non-hydrogen) atoms. The number of unbranched alkanes of at least 4 members (excludes halogenated alkanes) is 1. The number of rotatable bonds is 7. The number of nitrogens with one attached hydrogen (secondary N) is 1. The van der Waals surface area contributed by atoms with Crippen molar-refractivity contribution in [2.75, 3.05) is 24.2 Å². The Bertz CT molecular complexity index is 391. The molecule has 0 atom stereocenters. The van der Waals surface area contributed by atoms with E-state index in [2.05, 4.69) is 12.2 Å². The summed E-state index contributed by atoms with van der Waals surface area (Å²) in [6.45, 7) is 5.37. The normalized spacial score (nSPS) is 10.1. The summed E-state index contributed by atoms with van der Waals surface area (Å²) >= 11 is 0. The fraction of sp³-hybridized carbons (Fsp3) is 0.500. The minimum absolute atomic E-state index is 0.317. The van der Waals surface area contributed by atoms with Crippen LogP contribution >= 0.6 is 0 Å². The molecule has 0 fully saturated rings. The van der Waals surface area contributed by atoms with Crippen molar-refractivity contribution in [3.63, 3.8) is 0 Å². The van der Waals surface area contributed by atoms with Gasteiger partial charge in [0.2, 0.25) is 0 Å². The largest absolute Gasteiger partial charge is 0.462 e. The molecular weight excluding hydrogens is 228 g/mol. The number of nitrogens with two attached hydrogens (primary N) is 1. The Labute approximate surface area is 109 Å². The molecule has 1 rings (SSSR count). The number of ether oxygens (including phenoxy) is 1.